The van der Waals surface area contributed by atoms with Gasteiger partial charge in [-0.3, -0.25) is 14.9 Å². The number of imide groups is 1. The second kappa shape index (κ2) is 10.6. The third-order valence-electron chi connectivity index (χ3n) is 4.66. The molecule has 1 aromatic heterocycles. The van der Waals surface area contributed by atoms with Crippen molar-refractivity contribution in [3.63, 3.8) is 0 Å². The molecule has 0 bridgehead atoms. The predicted octanol–water partition coefficient (Wildman–Crippen LogP) is 2.55. The molecule has 2 aliphatic rings. The first-order chi connectivity index (χ1) is 16.8. The molecule has 3 amide bonds. The van der Waals surface area contributed by atoms with Crippen LogP contribution in [-0.4, -0.2) is 63.4 Å². The van der Waals surface area contributed by atoms with Crippen molar-refractivity contribution in [2.45, 2.75) is 71.5 Å². The maximum Gasteiger partial charge on any atom is 0.413 e. The van der Waals surface area contributed by atoms with Crippen LogP contribution in [-0.2, 0) is 38.3 Å². The Balaban J connectivity index is 1.81. The lowest BCUT2D eigenvalue weighted by Crippen LogP contribution is -2.36. The molecule has 0 spiro atoms. The van der Waals surface area contributed by atoms with E-state index in [1.165, 1.54) is 5.38 Å². The van der Waals surface area contributed by atoms with Crippen LogP contribution < -0.4 is 5.32 Å². The van der Waals surface area contributed by atoms with Gasteiger partial charge in [-0.15, -0.1) is 16.4 Å². The number of carbonyl (C=O) groups excluding carboxylic acids is 5. The second-order valence-electron chi connectivity index (χ2n) is 9.64. The molecule has 2 heterocycles. The molecule has 196 valence electrons. The van der Waals surface area contributed by atoms with Crippen LogP contribution in [0.15, 0.2) is 10.5 Å². The standard InChI is InChI=1S/C22H28N4O9S/c1-12(2)10-32-18(30)22(8-9-22)35-25-16(17(29)34-26-14(27)6-7-15(26)28)13-11-36-19(23-13)24-20(31)33-21(3,4)5/h11-12H,6-10H2,1-5H3,(H,23,24,31)/b25-16-. The van der Waals surface area contributed by atoms with E-state index in [0.29, 0.717) is 17.9 Å². The molecule has 1 saturated carbocycles. The molecule has 1 saturated heterocycles. The van der Waals surface area contributed by atoms with Gasteiger partial charge < -0.3 is 19.1 Å². The zero-order chi connectivity index (χ0) is 26.7. The van der Waals surface area contributed by atoms with Gasteiger partial charge in [0.05, 0.1) is 6.61 Å². The van der Waals surface area contributed by atoms with Gasteiger partial charge in [-0.05, 0) is 26.7 Å². The topological polar surface area (TPSA) is 163 Å². The van der Waals surface area contributed by atoms with Crippen LogP contribution in [0.3, 0.4) is 0 Å². The average molecular weight is 525 g/mol. The van der Waals surface area contributed by atoms with E-state index < -0.39 is 46.8 Å². The number of anilines is 1. The lowest BCUT2D eigenvalue weighted by atomic mass is 10.2. The summed E-state index contributed by atoms with van der Waals surface area (Å²) < 4.78 is 10.4. The fourth-order valence-electron chi connectivity index (χ4n) is 2.76. The maximum absolute atomic E-state index is 12.9. The van der Waals surface area contributed by atoms with Gasteiger partial charge in [0, 0.05) is 31.1 Å². The van der Waals surface area contributed by atoms with Crippen LogP contribution in [0.5, 0.6) is 0 Å². The number of ether oxygens (including phenoxy) is 2. The first-order valence-electron chi connectivity index (χ1n) is 11.3. The molecular weight excluding hydrogens is 496 g/mol. The van der Waals surface area contributed by atoms with Gasteiger partial charge in [0.2, 0.25) is 11.3 Å². The monoisotopic (exact) mass is 524 g/mol. The summed E-state index contributed by atoms with van der Waals surface area (Å²) in [6.45, 7) is 9.03. The minimum atomic E-state index is -1.35. The minimum absolute atomic E-state index is 0.0746. The Morgan fingerprint density at radius 2 is 1.83 bits per heavy atom. The zero-order valence-corrected chi connectivity index (χ0v) is 21.4. The third kappa shape index (κ3) is 6.99. The van der Waals surface area contributed by atoms with E-state index in [2.05, 4.69) is 15.5 Å². The molecule has 1 aromatic rings. The molecule has 36 heavy (non-hydrogen) atoms. The van der Waals surface area contributed by atoms with Crippen molar-refractivity contribution >= 4 is 52.0 Å². The smallest absolute Gasteiger partial charge is 0.413 e. The van der Waals surface area contributed by atoms with E-state index >= 15 is 0 Å². The molecule has 13 nitrogen and oxygen atoms in total. The molecule has 0 unspecified atom stereocenters. The fraction of sp³-hybridized carbons (Fsp3) is 0.591. The summed E-state index contributed by atoms with van der Waals surface area (Å²) in [6.07, 6.45) is -0.317. The van der Waals surface area contributed by atoms with Crippen molar-refractivity contribution < 1.29 is 43.1 Å². The number of rotatable bonds is 9. The highest BCUT2D eigenvalue weighted by Crippen LogP contribution is 2.41. The van der Waals surface area contributed by atoms with Crippen molar-refractivity contribution in [1.29, 1.82) is 0 Å². The lowest BCUT2D eigenvalue weighted by molar-refractivity contribution is -0.192. The summed E-state index contributed by atoms with van der Waals surface area (Å²) in [6, 6.07) is 0. The van der Waals surface area contributed by atoms with Crippen LogP contribution in [0.1, 0.15) is 66.0 Å². The van der Waals surface area contributed by atoms with E-state index in [4.69, 9.17) is 19.1 Å². The van der Waals surface area contributed by atoms with E-state index in [0.717, 1.165) is 11.3 Å². The number of amides is 3. The Bertz CT molecular complexity index is 1070. The number of aromatic nitrogens is 1. The number of thiazole rings is 1. The number of hydrogen-bond donors (Lipinski definition) is 1. The second-order valence-corrected chi connectivity index (χ2v) is 10.5. The Morgan fingerprint density at radius 1 is 1.19 bits per heavy atom. The van der Waals surface area contributed by atoms with E-state index in [1.54, 1.807) is 20.8 Å². The quantitative estimate of drug-likeness (QED) is 0.220. The summed E-state index contributed by atoms with van der Waals surface area (Å²) in [4.78, 5) is 75.7. The first-order valence-corrected chi connectivity index (χ1v) is 12.1. The SMILES string of the molecule is CC(C)COC(=O)C1(O/N=C(\C(=O)ON2C(=O)CCC2=O)c2csc(NC(=O)OC(C)(C)C)n2)CC1. The average Bonchev–Trinajstić information content (AvgIpc) is 3.33. The number of nitrogens with one attached hydrogen (secondary N) is 1. The number of hydroxylamine groups is 2. The number of carbonyl (C=O) groups is 5. The maximum atomic E-state index is 12.9. The molecule has 14 heteroatoms. The number of esters is 1. The van der Waals surface area contributed by atoms with Crippen molar-refractivity contribution in [2.75, 3.05) is 11.9 Å². The Labute approximate surface area is 211 Å². The van der Waals surface area contributed by atoms with Gasteiger partial charge in [-0.1, -0.05) is 19.0 Å². The highest BCUT2D eigenvalue weighted by molar-refractivity contribution is 7.14. The molecule has 0 atom stereocenters. The summed E-state index contributed by atoms with van der Waals surface area (Å²) in [5, 5.41) is 8.05. The van der Waals surface area contributed by atoms with Crippen LogP contribution in [0.25, 0.3) is 0 Å². The molecule has 1 aliphatic carbocycles. The van der Waals surface area contributed by atoms with Gasteiger partial charge in [0.1, 0.15) is 11.3 Å². The van der Waals surface area contributed by atoms with Gasteiger partial charge in [0.15, 0.2) is 5.13 Å². The van der Waals surface area contributed by atoms with Gasteiger partial charge in [-0.25, -0.2) is 19.4 Å². The van der Waals surface area contributed by atoms with Crippen molar-refractivity contribution in [3.05, 3.63) is 11.1 Å². The molecule has 2 fully saturated rings. The first kappa shape index (κ1) is 27.0. The highest BCUT2D eigenvalue weighted by atomic mass is 32.1. The van der Waals surface area contributed by atoms with Crippen LogP contribution in [0.2, 0.25) is 0 Å². The van der Waals surface area contributed by atoms with Gasteiger partial charge in [0.25, 0.3) is 11.8 Å². The predicted molar refractivity (Wildman–Crippen MR) is 125 cm³/mol. The summed E-state index contributed by atoms with van der Waals surface area (Å²) in [5.41, 5.74) is -2.69. The Kier molecular flexibility index (Phi) is 7.96. The highest BCUT2D eigenvalue weighted by Gasteiger charge is 2.56. The summed E-state index contributed by atoms with van der Waals surface area (Å²) >= 11 is 0.954. The fourth-order valence-corrected chi connectivity index (χ4v) is 3.44. The molecule has 3 rings (SSSR count). The van der Waals surface area contributed by atoms with E-state index in [-0.39, 0.29) is 36.2 Å². The molecule has 0 aromatic carbocycles. The number of nitrogens with zero attached hydrogens (tertiary/aromatic N) is 3. The van der Waals surface area contributed by atoms with Crippen LogP contribution >= 0.6 is 11.3 Å². The third-order valence-corrected chi connectivity index (χ3v) is 5.42. The van der Waals surface area contributed by atoms with Crippen molar-refractivity contribution in [3.8, 4) is 0 Å². The summed E-state index contributed by atoms with van der Waals surface area (Å²) in [5.74, 6) is -3.09. The van der Waals surface area contributed by atoms with Crippen molar-refractivity contribution in [1.82, 2.24) is 10.0 Å². The Hall–Kier alpha value is -3.55. The molecular formula is C22H28N4O9S. The van der Waals surface area contributed by atoms with Crippen LogP contribution in [0.4, 0.5) is 9.93 Å². The number of hydrogen-bond acceptors (Lipinski definition) is 12. The molecule has 0 radical (unpaired) electrons. The minimum Gasteiger partial charge on any atom is -0.462 e. The zero-order valence-electron chi connectivity index (χ0n) is 20.6. The summed E-state index contributed by atoms with van der Waals surface area (Å²) in [7, 11) is 0. The van der Waals surface area contributed by atoms with Gasteiger partial charge in [-0.2, -0.15) is 0 Å². The van der Waals surface area contributed by atoms with Gasteiger partial charge >= 0.3 is 18.0 Å². The number of oxime groups is 1. The molecule has 1 N–H and O–H groups in total. The lowest BCUT2D eigenvalue weighted by Gasteiger charge is -2.18. The van der Waals surface area contributed by atoms with E-state index in [9.17, 15) is 24.0 Å². The normalized spacial score (nSPS) is 17.2. The van der Waals surface area contributed by atoms with E-state index in [1.807, 2.05) is 13.8 Å². The largest absolute Gasteiger partial charge is 0.462 e. The molecule has 1 aliphatic heterocycles. The van der Waals surface area contributed by atoms with Crippen molar-refractivity contribution in [2.24, 2.45) is 11.1 Å². The van der Waals surface area contributed by atoms with Crippen LogP contribution in [0, 0.1) is 5.92 Å². The Morgan fingerprint density at radius 3 is 2.39 bits per heavy atom.